The Morgan fingerprint density at radius 1 is 0.378 bits per heavy atom. The summed E-state index contributed by atoms with van der Waals surface area (Å²) in [6.07, 6.45) is 28.7. The van der Waals surface area contributed by atoms with Gasteiger partial charge in [-0.25, -0.2) is 0 Å². The molecule has 0 fully saturated rings. The van der Waals surface area contributed by atoms with Crippen LogP contribution in [0.3, 0.4) is 0 Å². The summed E-state index contributed by atoms with van der Waals surface area (Å²) < 4.78 is 0. The van der Waals surface area contributed by atoms with Crippen molar-refractivity contribution in [1.82, 2.24) is 0 Å². The van der Waals surface area contributed by atoms with Gasteiger partial charge in [0.1, 0.15) is 8.07 Å². The predicted octanol–water partition coefficient (Wildman–Crippen LogP) is 11.1. The number of rotatable bonds is 22. The fourth-order valence-electron chi connectivity index (χ4n) is 6.91. The molecule has 3 rings (SSSR count). The van der Waals surface area contributed by atoms with E-state index in [-0.39, 0.29) is 0 Å². The summed E-state index contributed by atoms with van der Waals surface area (Å²) in [6, 6.07) is 22.0. The van der Waals surface area contributed by atoms with Crippen LogP contribution in [0.5, 0.6) is 0 Å². The smallest absolute Gasteiger partial charge is 0.0654 e. The third-order valence-electron chi connectivity index (χ3n) is 9.09. The van der Waals surface area contributed by atoms with Crippen LogP contribution in [0.2, 0.25) is 12.1 Å². The number of hydrogen-bond donors (Lipinski definition) is 0. The van der Waals surface area contributed by atoms with Gasteiger partial charge in [-0.2, -0.15) is 0 Å². The van der Waals surface area contributed by atoms with E-state index in [9.17, 15) is 0 Å². The zero-order valence-corrected chi connectivity index (χ0v) is 25.7. The van der Waals surface area contributed by atoms with Crippen molar-refractivity contribution in [1.29, 1.82) is 0 Å². The molecule has 1 aliphatic rings. The van der Waals surface area contributed by atoms with Gasteiger partial charge in [-0.3, -0.25) is 0 Å². The highest BCUT2D eigenvalue weighted by Crippen LogP contribution is 2.35. The Balaban J connectivity index is 1.50. The van der Waals surface area contributed by atoms with E-state index >= 15 is 0 Å². The highest BCUT2D eigenvalue weighted by Gasteiger charge is 2.43. The van der Waals surface area contributed by atoms with Crippen molar-refractivity contribution in [2.45, 2.75) is 154 Å². The van der Waals surface area contributed by atoms with Crippen molar-refractivity contribution in [3.05, 3.63) is 48.5 Å². The first kappa shape index (κ1) is 30.2. The lowest BCUT2D eigenvalue weighted by Crippen LogP contribution is -2.55. The molecular weight excluding hydrogens is 460 g/mol. The maximum Gasteiger partial charge on any atom is 0.119 e. The molecule has 0 spiro atoms. The maximum absolute atomic E-state index is 2.52. The minimum atomic E-state index is -1.65. The fraction of sp³-hybridized carbons (Fsp3) is 0.667. The zero-order chi connectivity index (χ0) is 26.0. The molecule has 0 aromatic heterocycles. The Morgan fingerprint density at radius 3 is 1.03 bits per heavy atom. The van der Waals surface area contributed by atoms with Crippen molar-refractivity contribution in [3.8, 4) is 11.1 Å². The first-order valence-corrected chi connectivity index (χ1v) is 18.9. The van der Waals surface area contributed by atoms with Crippen LogP contribution in [0.25, 0.3) is 11.1 Å². The van der Waals surface area contributed by atoms with Crippen LogP contribution in [0.1, 0.15) is 142 Å². The fourth-order valence-corrected chi connectivity index (χ4v) is 12.5. The molecule has 206 valence electrons. The monoisotopic (exact) mass is 518 g/mol. The molecule has 0 radical (unpaired) electrons. The minimum absolute atomic E-state index is 1.36. The summed E-state index contributed by atoms with van der Waals surface area (Å²) in [7, 11) is -1.65. The molecule has 0 atom stereocenters. The molecular formula is C36H58Si. The molecule has 2 aromatic rings. The molecule has 0 saturated heterocycles. The SMILES string of the molecule is CCCCCCCCCCCC[Si]1(CCCCCCCCCCCC)c2ccccc2-c2ccccc21. The Bertz CT molecular complexity index is 782. The number of hydrogen-bond acceptors (Lipinski definition) is 0. The Kier molecular flexibility index (Phi) is 14.7. The van der Waals surface area contributed by atoms with E-state index in [1.807, 2.05) is 0 Å². The molecule has 1 aliphatic heterocycles. The Hall–Kier alpha value is -1.34. The number of fused-ring (bicyclic) bond motifs is 3. The summed E-state index contributed by atoms with van der Waals surface area (Å²) in [5.41, 5.74) is 3.15. The second-order valence-electron chi connectivity index (χ2n) is 12.0. The molecule has 0 saturated carbocycles. The van der Waals surface area contributed by atoms with E-state index in [1.54, 1.807) is 21.5 Å². The lowest BCUT2D eigenvalue weighted by atomic mass is 10.1. The first-order chi connectivity index (χ1) is 18.3. The van der Waals surface area contributed by atoms with Gasteiger partial charge in [0, 0.05) is 0 Å². The van der Waals surface area contributed by atoms with E-state index in [0.717, 1.165) is 0 Å². The lowest BCUT2D eigenvalue weighted by molar-refractivity contribution is 0.559. The summed E-state index contributed by atoms with van der Waals surface area (Å²) in [6.45, 7) is 4.63. The molecule has 1 heterocycles. The highest BCUT2D eigenvalue weighted by molar-refractivity contribution is 7.05. The van der Waals surface area contributed by atoms with Gasteiger partial charge in [-0.05, 0) is 33.6 Å². The molecule has 2 aromatic carbocycles. The third kappa shape index (κ3) is 9.41. The molecule has 0 nitrogen and oxygen atoms in total. The van der Waals surface area contributed by atoms with Crippen LogP contribution >= 0.6 is 0 Å². The zero-order valence-electron chi connectivity index (χ0n) is 24.7. The minimum Gasteiger partial charge on any atom is -0.0654 e. The van der Waals surface area contributed by atoms with Gasteiger partial charge in [0.25, 0.3) is 0 Å². The van der Waals surface area contributed by atoms with E-state index in [0.29, 0.717) is 0 Å². The first-order valence-electron chi connectivity index (χ1n) is 16.5. The molecule has 0 N–H and O–H groups in total. The standard InChI is InChI=1S/C36H58Si/c1-3-5-7-9-11-13-15-17-19-25-31-37(32-26-20-18-16-14-12-10-8-6-4-2)35-29-23-21-27-33(35)34-28-22-24-30-36(34)37/h21-24,27-30H,3-20,25-26,31-32H2,1-2H3. The number of benzene rings is 2. The van der Waals surface area contributed by atoms with Crippen LogP contribution in [0.4, 0.5) is 0 Å². The average Bonchev–Trinajstić information content (AvgIpc) is 3.21. The van der Waals surface area contributed by atoms with Crippen molar-refractivity contribution < 1.29 is 0 Å². The molecule has 1 heteroatoms. The normalized spacial score (nSPS) is 13.6. The van der Waals surface area contributed by atoms with E-state index in [2.05, 4.69) is 62.4 Å². The quantitative estimate of drug-likeness (QED) is 0.107. The average molecular weight is 519 g/mol. The van der Waals surface area contributed by atoms with Crippen molar-refractivity contribution >= 4 is 18.4 Å². The second-order valence-corrected chi connectivity index (χ2v) is 16.3. The van der Waals surface area contributed by atoms with Crippen molar-refractivity contribution in [2.75, 3.05) is 0 Å². The van der Waals surface area contributed by atoms with E-state index in [4.69, 9.17) is 0 Å². The predicted molar refractivity (Wildman–Crippen MR) is 170 cm³/mol. The van der Waals surface area contributed by atoms with Gasteiger partial charge in [-0.15, -0.1) is 0 Å². The van der Waals surface area contributed by atoms with Crippen molar-refractivity contribution in [3.63, 3.8) is 0 Å². The van der Waals surface area contributed by atoms with E-state index < -0.39 is 8.07 Å². The van der Waals surface area contributed by atoms with Gasteiger partial charge in [0.15, 0.2) is 0 Å². The summed E-state index contributed by atoms with van der Waals surface area (Å²) in [5, 5.41) is 3.53. The van der Waals surface area contributed by atoms with Crippen LogP contribution in [-0.2, 0) is 0 Å². The van der Waals surface area contributed by atoms with Gasteiger partial charge >= 0.3 is 0 Å². The van der Waals surface area contributed by atoms with Crippen LogP contribution in [0.15, 0.2) is 48.5 Å². The van der Waals surface area contributed by atoms with Crippen molar-refractivity contribution in [2.24, 2.45) is 0 Å². The maximum atomic E-state index is 2.52. The Labute approximate surface area is 232 Å². The molecule has 0 unspecified atom stereocenters. The van der Waals surface area contributed by atoms with Gasteiger partial charge in [0.2, 0.25) is 0 Å². The largest absolute Gasteiger partial charge is 0.119 e. The lowest BCUT2D eigenvalue weighted by Gasteiger charge is -2.30. The summed E-state index contributed by atoms with van der Waals surface area (Å²) in [5.74, 6) is 0. The number of unbranched alkanes of at least 4 members (excludes halogenated alkanes) is 18. The topological polar surface area (TPSA) is 0 Å². The Morgan fingerprint density at radius 2 is 0.676 bits per heavy atom. The van der Waals surface area contributed by atoms with Gasteiger partial charge in [0.05, 0.1) is 0 Å². The summed E-state index contributed by atoms with van der Waals surface area (Å²) >= 11 is 0. The summed E-state index contributed by atoms with van der Waals surface area (Å²) in [4.78, 5) is 0. The van der Waals surface area contributed by atoms with Gasteiger partial charge in [-0.1, -0.05) is 191 Å². The van der Waals surface area contributed by atoms with E-state index in [1.165, 1.54) is 141 Å². The highest BCUT2D eigenvalue weighted by atomic mass is 28.3. The van der Waals surface area contributed by atoms with Crippen LogP contribution in [0, 0.1) is 0 Å². The van der Waals surface area contributed by atoms with Crippen LogP contribution in [-0.4, -0.2) is 8.07 Å². The molecule has 0 bridgehead atoms. The van der Waals surface area contributed by atoms with Crippen LogP contribution < -0.4 is 10.4 Å². The van der Waals surface area contributed by atoms with Gasteiger partial charge < -0.3 is 0 Å². The molecule has 0 aliphatic carbocycles. The molecule has 37 heavy (non-hydrogen) atoms. The third-order valence-corrected chi connectivity index (χ3v) is 14.4. The second kappa shape index (κ2) is 18.0. The molecule has 0 amide bonds.